The number of aryl methyl sites for hydroxylation is 1. The summed E-state index contributed by atoms with van der Waals surface area (Å²) in [5.41, 5.74) is 1.72. The molecule has 0 fully saturated rings. The fourth-order valence-electron chi connectivity index (χ4n) is 1.54. The molecule has 0 aromatic heterocycles. The summed E-state index contributed by atoms with van der Waals surface area (Å²) >= 11 is 1.62. The van der Waals surface area contributed by atoms with Crippen molar-refractivity contribution < 1.29 is 4.74 Å². The van der Waals surface area contributed by atoms with Crippen molar-refractivity contribution in [3.05, 3.63) is 53.0 Å². The second-order valence-corrected chi connectivity index (χ2v) is 4.97. The van der Waals surface area contributed by atoms with Crippen LogP contribution in [0.1, 0.15) is 5.56 Å². The number of rotatable bonds is 3. The molecule has 0 radical (unpaired) electrons. The van der Waals surface area contributed by atoms with Crippen LogP contribution in [0.2, 0.25) is 0 Å². The van der Waals surface area contributed by atoms with Gasteiger partial charge in [-0.15, -0.1) is 0 Å². The first-order valence-corrected chi connectivity index (χ1v) is 6.32. The maximum atomic E-state index is 8.73. The van der Waals surface area contributed by atoms with Crippen LogP contribution < -0.4 is 4.74 Å². The molecule has 2 aromatic rings. The first-order valence-electron chi connectivity index (χ1n) is 5.50. The minimum absolute atomic E-state index is 0.486. The molecular formula is C14H13N2OS+. The zero-order chi connectivity index (χ0) is 13.0. The lowest BCUT2D eigenvalue weighted by molar-refractivity contribution is 0.405. The van der Waals surface area contributed by atoms with Gasteiger partial charge in [-0.3, -0.25) is 0 Å². The molecule has 0 heterocycles. The van der Waals surface area contributed by atoms with Crippen molar-refractivity contribution in [1.29, 1.82) is 5.39 Å². The second-order valence-electron chi connectivity index (χ2n) is 3.85. The molecule has 0 aliphatic rings. The van der Waals surface area contributed by atoms with Gasteiger partial charge in [0, 0.05) is 11.0 Å². The number of hydrogen-bond acceptors (Lipinski definition) is 3. The predicted octanol–water partition coefficient (Wildman–Crippen LogP) is 4.64. The van der Waals surface area contributed by atoms with Crippen LogP contribution in [0.25, 0.3) is 4.98 Å². The van der Waals surface area contributed by atoms with Crippen LogP contribution in [0.4, 0.5) is 5.69 Å². The molecule has 4 heteroatoms. The summed E-state index contributed by atoms with van der Waals surface area (Å²) in [5, 5.41) is 8.73. The molecule has 0 aliphatic carbocycles. The molecule has 2 aromatic carbocycles. The van der Waals surface area contributed by atoms with E-state index in [1.165, 1.54) is 5.56 Å². The van der Waals surface area contributed by atoms with Crippen molar-refractivity contribution >= 4 is 17.4 Å². The van der Waals surface area contributed by atoms with Crippen LogP contribution in [0.5, 0.6) is 5.75 Å². The van der Waals surface area contributed by atoms with E-state index in [-0.39, 0.29) is 0 Å². The van der Waals surface area contributed by atoms with Gasteiger partial charge in [-0.05, 0) is 25.1 Å². The van der Waals surface area contributed by atoms with E-state index in [2.05, 4.69) is 36.2 Å². The standard InChI is InChI=1S/C14H13N2OS/c1-10-3-6-12(7-4-10)18-14-8-5-11(16-15)9-13(14)17-2/h3-9H,1-2H3/q+1. The number of ether oxygens (including phenoxy) is 1. The Hall–Kier alpha value is -1.99. The van der Waals surface area contributed by atoms with Gasteiger partial charge in [-0.25, -0.2) is 0 Å². The molecule has 0 bridgehead atoms. The molecule has 2 rings (SSSR count). The molecule has 0 aliphatic heterocycles. The number of diazo groups is 1. The zero-order valence-electron chi connectivity index (χ0n) is 10.3. The van der Waals surface area contributed by atoms with Crippen LogP contribution in [0.3, 0.4) is 0 Å². The summed E-state index contributed by atoms with van der Waals surface area (Å²) in [5.74, 6) is 0.705. The van der Waals surface area contributed by atoms with Gasteiger partial charge in [0.05, 0.1) is 18.1 Å². The molecule has 18 heavy (non-hydrogen) atoms. The quantitative estimate of drug-likeness (QED) is 0.752. The monoisotopic (exact) mass is 257 g/mol. The molecule has 0 unspecified atom stereocenters. The lowest BCUT2D eigenvalue weighted by atomic mass is 10.2. The molecule has 0 saturated carbocycles. The van der Waals surface area contributed by atoms with E-state index >= 15 is 0 Å². The summed E-state index contributed by atoms with van der Waals surface area (Å²) in [6.07, 6.45) is 0. The minimum Gasteiger partial charge on any atom is -0.495 e. The average Bonchev–Trinajstić information content (AvgIpc) is 2.41. The molecule has 90 valence electrons. The Bertz CT molecular complexity index is 588. The Balaban J connectivity index is 2.29. The molecule has 0 amide bonds. The molecule has 3 nitrogen and oxygen atoms in total. The normalized spacial score (nSPS) is 9.83. The van der Waals surface area contributed by atoms with Crippen molar-refractivity contribution in [2.45, 2.75) is 16.7 Å². The van der Waals surface area contributed by atoms with Crippen LogP contribution >= 0.6 is 11.8 Å². The highest BCUT2D eigenvalue weighted by molar-refractivity contribution is 7.99. The Morgan fingerprint density at radius 2 is 1.83 bits per heavy atom. The highest BCUT2D eigenvalue weighted by Crippen LogP contribution is 2.37. The van der Waals surface area contributed by atoms with Crippen molar-refractivity contribution in [2.24, 2.45) is 0 Å². The van der Waals surface area contributed by atoms with Crippen molar-refractivity contribution in [1.82, 2.24) is 0 Å². The van der Waals surface area contributed by atoms with Gasteiger partial charge >= 0.3 is 5.69 Å². The van der Waals surface area contributed by atoms with Crippen molar-refractivity contribution in [2.75, 3.05) is 7.11 Å². The van der Waals surface area contributed by atoms with Gasteiger partial charge in [-0.1, -0.05) is 29.5 Å². The lowest BCUT2D eigenvalue weighted by Crippen LogP contribution is -1.85. The third kappa shape index (κ3) is 2.82. The SMILES string of the molecule is COc1cc([N+]#N)ccc1Sc1ccc(C)cc1. The van der Waals surface area contributed by atoms with E-state index in [9.17, 15) is 0 Å². The maximum Gasteiger partial charge on any atom is 0.388 e. The Morgan fingerprint density at radius 3 is 2.44 bits per heavy atom. The first-order chi connectivity index (χ1) is 8.72. The predicted molar refractivity (Wildman–Crippen MR) is 73.0 cm³/mol. The molecule has 0 N–H and O–H groups in total. The number of methoxy groups -OCH3 is 1. The van der Waals surface area contributed by atoms with E-state index in [1.54, 1.807) is 31.0 Å². The summed E-state index contributed by atoms with van der Waals surface area (Å²) < 4.78 is 5.29. The van der Waals surface area contributed by atoms with E-state index in [4.69, 9.17) is 10.1 Å². The van der Waals surface area contributed by atoms with E-state index in [1.807, 2.05) is 6.07 Å². The molecule has 0 atom stereocenters. The van der Waals surface area contributed by atoms with E-state index in [0.29, 0.717) is 11.4 Å². The second kappa shape index (κ2) is 5.56. The van der Waals surface area contributed by atoms with Gasteiger partial charge in [0.25, 0.3) is 0 Å². The van der Waals surface area contributed by atoms with Crippen molar-refractivity contribution in [3.8, 4) is 5.75 Å². The minimum atomic E-state index is 0.486. The van der Waals surface area contributed by atoms with Crippen LogP contribution in [-0.4, -0.2) is 7.11 Å². The third-order valence-electron chi connectivity index (χ3n) is 2.51. The maximum absolute atomic E-state index is 8.73. The van der Waals surface area contributed by atoms with Gasteiger partial charge in [0.15, 0.2) is 4.98 Å². The number of nitrogens with zero attached hydrogens (tertiary/aromatic N) is 2. The summed E-state index contributed by atoms with van der Waals surface area (Å²) in [4.78, 5) is 5.29. The van der Waals surface area contributed by atoms with E-state index < -0.39 is 0 Å². The zero-order valence-corrected chi connectivity index (χ0v) is 11.1. The van der Waals surface area contributed by atoms with Gasteiger partial charge in [-0.2, -0.15) is 0 Å². The van der Waals surface area contributed by atoms with Gasteiger partial charge in [0.2, 0.25) is 5.39 Å². The van der Waals surface area contributed by atoms with E-state index in [0.717, 1.165) is 9.79 Å². The number of hydrogen-bond donors (Lipinski definition) is 0. The number of benzene rings is 2. The average molecular weight is 257 g/mol. The van der Waals surface area contributed by atoms with Crippen molar-refractivity contribution in [3.63, 3.8) is 0 Å². The first kappa shape index (κ1) is 12.5. The Labute approximate surface area is 110 Å². The fourth-order valence-corrected chi connectivity index (χ4v) is 2.44. The Kier molecular flexibility index (Phi) is 3.85. The van der Waals surface area contributed by atoms with Crippen LogP contribution in [-0.2, 0) is 0 Å². The Morgan fingerprint density at radius 1 is 1.11 bits per heavy atom. The third-order valence-corrected chi connectivity index (χ3v) is 3.58. The molecule has 0 saturated heterocycles. The topological polar surface area (TPSA) is 37.4 Å². The fraction of sp³-hybridized carbons (Fsp3) is 0.143. The molecular weight excluding hydrogens is 244 g/mol. The van der Waals surface area contributed by atoms with Crippen LogP contribution in [0, 0.1) is 12.3 Å². The van der Waals surface area contributed by atoms with Gasteiger partial charge in [0.1, 0.15) is 5.75 Å². The van der Waals surface area contributed by atoms with Crippen LogP contribution in [0.15, 0.2) is 52.3 Å². The highest BCUT2D eigenvalue weighted by Gasteiger charge is 2.11. The summed E-state index contributed by atoms with van der Waals surface area (Å²) in [6.45, 7) is 2.06. The summed E-state index contributed by atoms with van der Waals surface area (Å²) in [7, 11) is 1.61. The lowest BCUT2D eigenvalue weighted by Gasteiger charge is -2.06. The summed E-state index contributed by atoms with van der Waals surface area (Å²) in [6, 6.07) is 13.6. The largest absolute Gasteiger partial charge is 0.495 e. The molecule has 0 spiro atoms. The highest BCUT2D eigenvalue weighted by atomic mass is 32.2. The van der Waals surface area contributed by atoms with Gasteiger partial charge < -0.3 is 4.74 Å². The smallest absolute Gasteiger partial charge is 0.388 e.